The zero-order valence-electron chi connectivity index (χ0n) is 33.1. The van der Waals surface area contributed by atoms with Gasteiger partial charge in [-0.25, -0.2) is 9.78 Å². The number of carboxylic acids is 1. The number of carboxylic acid groups (broad SMARTS) is 1. The van der Waals surface area contributed by atoms with Gasteiger partial charge in [0.05, 0.1) is 45.6 Å². The summed E-state index contributed by atoms with van der Waals surface area (Å²) in [7, 11) is 0. The van der Waals surface area contributed by atoms with Crippen molar-refractivity contribution in [3.05, 3.63) is 131 Å². The van der Waals surface area contributed by atoms with Crippen LogP contribution in [-0.4, -0.2) is 61.5 Å². The van der Waals surface area contributed by atoms with Crippen molar-refractivity contribution in [3.8, 4) is 41.3 Å². The van der Waals surface area contributed by atoms with Crippen LogP contribution in [0.3, 0.4) is 0 Å². The molecule has 1 aromatic heterocycles. The Morgan fingerprint density at radius 1 is 0.803 bits per heavy atom. The number of imidazole rings is 1. The van der Waals surface area contributed by atoms with Gasteiger partial charge < -0.3 is 40.8 Å². The number of phenols is 1. The minimum atomic E-state index is -1.12. The van der Waals surface area contributed by atoms with E-state index in [0.717, 1.165) is 11.1 Å². The van der Waals surface area contributed by atoms with Crippen LogP contribution in [-0.2, 0) is 11.3 Å². The van der Waals surface area contributed by atoms with Crippen LogP contribution in [0.15, 0.2) is 103 Å². The molecule has 0 aliphatic carbocycles. The highest BCUT2D eigenvalue weighted by atomic mass is 16.5. The summed E-state index contributed by atoms with van der Waals surface area (Å²) in [5.41, 5.74) is 3.86. The second-order valence-electron chi connectivity index (χ2n) is 13.9. The Kier molecular flexibility index (Phi) is 12.8. The van der Waals surface area contributed by atoms with Crippen LogP contribution < -0.4 is 26.0 Å². The van der Waals surface area contributed by atoms with Gasteiger partial charge >= 0.3 is 5.97 Å². The maximum Gasteiger partial charge on any atom is 0.335 e. The molecule has 4 amide bonds. The lowest BCUT2D eigenvalue weighted by atomic mass is 10.1. The van der Waals surface area contributed by atoms with E-state index in [1.54, 1.807) is 50.2 Å². The van der Waals surface area contributed by atoms with Crippen LogP contribution in [0.2, 0.25) is 0 Å². The number of aromatic carboxylic acids is 1. The Morgan fingerprint density at radius 2 is 1.43 bits per heavy atom. The van der Waals surface area contributed by atoms with Gasteiger partial charge in [-0.1, -0.05) is 12.1 Å². The second-order valence-corrected chi connectivity index (χ2v) is 13.9. The van der Waals surface area contributed by atoms with E-state index in [2.05, 4.69) is 33.3 Å². The number of phenolic OH excluding ortho intramolecular Hbond substituents is 1. The number of aromatic hydroxyl groups is 1. The molecule has 0 bridgehead atoms. The molecule has 6 N–H and O–H groups in total. The Hall–Kier alpha value is -8.43. The number of carbonyl (C=O) groups excluding carboxylic acids is 4. The first-order valence-electron chi connectivity index (χ1n) is 18.9. The minimum absolute atomic E-state index is 0.0346. The van der Waals surface area contributed by atoms with Crippen molar-refractivity contribution in [3.63, 3.8) is 0 Å². The van der Waals surface area contributed by atoms with E-state index in [1.807, 2.05) is 17.6 Å². The van der Waals surface area contributed by atoms with Gasteiger partial charge in [0.25, 0.3) is 17.7 Å². The summed E-state index contributed by atoms with van der Waals surface area (Å²) in [5.74, 6) is -1.10. The lowest BCUT2D eigenvalue weighted by Crippen LogP contribution is -2.43. The molecule has 0 unspecified atom stereocenters. The lowest BCUT2D eigenvalue weighted by molar-refractivity contribution is -0.117. The van der Waals surface area contributed by atoms with E-state index >= 15 is 0 Å². The summed E-state index contributed by atoms with van der Waals surface area (Å²) >= 11 is 0. The highest BCUT2D eigenvalue weighted by molar-refractivity contribution is 6.10. The molecule has 0 aliphatic heterocycles. The zero-order valence-corrected chi connectivity index (χ0v) is 33.1. The van der Waals surface area contributed by atoms with Crippen LogP contribution >= 0.6 is 0 Å². The topological polar surface area (TPSA) is 225 Å². The molecule has 0 saturated heterocycles. The lowest BCUT2D eigenvalue weighted by Gasteiger charge is -2.18. The quantitative estimate of drug-likeness (QED) is 0.0614. The molecule has 5 aromatic carbocycles. The van der Waals surface area contributed by atoms with Crippen molar-refractivity contribution in [1.29, 1.82) is 5.26 Å². The molecule has 0 radical (unpaired) electrons. The van der Waals surface area contributed by atoms with Crippen molar-refractivity contribution < 1.29 is 38.9 Å². The standard InChI is InChI=1S/C46H39N7O8/c1-5-7-36(52-43(56)29-11-9-28(10-12-29)41-50-37-24-27(25-47)8-23-38(37)53(41)6-2)45(58)49-33-17-13-30(14-18-33)42(55)51-35-22-21-34(39(54)40(35)61-26(3)4)44(57)48-32-19-15-31(16-20-32)46(59)60/h1,8-24,26,36,54H,6-7H2,2-4H3,(H,48,57)(H,49,58)(H,51,55)(H,52,56)(H,59,60)/t36-/m0/s1. The van der Waals surface area contributed by atoms with E-state index in [0.29, 0.717) is 34.8 Å². The summed E-state index contributed by atoms with van der Waals surface area (Å²) in [4.78, 5) is 68.9. The molecule has 15 heteroatoms. The second kappa shape index (κ2) is 18.4. The van der Waals surface area contributed by atoms with Crippen molar-refractivity contribution in [2.45, 2.75) is 45.9 Å². The van der Waals surface area contributed by atoms with E-state index < -0.39 is 47.5 Å². The normalized spacial score (nSPS) is 11.2. The van der Waals surface area contributed by atoms with Gasteiger partial charge in [-0.05, 0) is 112 Å². The molecule has 0 saturated carbocycles. The molecule has 306 valence electrons. The van der Waals surface area contributed by atoms with Gasteiger partial charge in [-0.15, -0.1) is 12.3 Å². The van der Waals surface area contributed by atoms with Gasteiger partial charge in [0.1, 0.15) is 11.9 Å². The summed E-state index contributed by atoms with van der Waals surface area (Å²) in [6.07, 6.45) is 4.99. The van der Waals surface area contributed by atoms with Gasteiger partial charge in [0.15, 0.2) is 11.5 Å². The van der Waals surface area contributed by atoms with E-state index in [-0.39, 0.29) is 40.1 Å². The number of nitrogens with one attached hydrogen (secondary N) is 4. The van der Waals surface area contributed by atoms with Crippen molar-refractivity contribution >= 4 is 57.7 Å². The minimum Gasteiger partial charge on any atom is -0.504 e. The number of ether oxygens (including phenoxy) is 1. The molecule has 15 nitrogen and oxygen atoms in total. The fourth-order valence-corrected chi connectivity index (χ4v) is 6.31. The van der Waals surface area contributed by atoms with Crippen molar-refractivity contribution in [1.82, 2.24) is 14.9 Å². The summed E-state index contributed by atoms with van der Waals surface area (Å²) in [6.45, 7) is 6.02. The number of hydrogen-bond acceptors (Lipinski definition) is 9. The smallest absolute Gasteiger partial charge is 0.335 e. The van der Waals surface area contributed by atoms with Crippen LogP contribution in [0, 0.1) is 23.7 Å². The van der Waals surface area contributed by atoms with Crippen molar-refractivity contribution in [2.75, 3.05) is 16.0 Å². The third kappa shape index (κ3) is 9.65. The fourth-order valence-electron chi connectivity index (χ4n) is 6.31. The first-order valence-corrected chi connectivity index (χ1v) is 18.9. The van der Waals surface area contributed by atoms with Crippen LogP contribution in [0.4, 0.5) is 17.1 Å². The van der Waals surface area contributed by atoms with Crippen LogP contribution in [0.5, 0.6) is 11.5 Å². The average Bonchev–Trinajstić information content (AvgIpc) is 3.63. The van der Waals surface area contributed by atoms with Crippen LogP contribution in [0.1, 0.15) is 74.2 Å². The largest absolute Gasteiger partial charge is 0.504 e. The van der Waals surface area contributed by atoms with E-state index in [9.17, 15) is 34.3 Å². The maximum absolute atomic E-state index is 13.3. The highest BCUT2D eigenvalue weighted by Crippen LogP contribution is 2.39. The van der Waals surface area contributed by atoms with Gasteiger partial charge in [-0.3, -0.25) is 19.2 Å². The zero-order chi connectivity index (χ0) is 43.8. The number of anilines is 3. The number of nitrogens with zero attached hydrogens (tertiary/aromatic N) is 3. The summed E-state index contributed by atoms with van der Waals surface area (Å²) < 4.78 is 7.81. The number of aryl methyl sites for hydroxylation is 1. The monoisotopic (exact) mass is 817 g/mol. The number of amides is 4. The molecule has 0 aliphatic rings. The fraction of sp³-hybridized carbons (Fsp3) is 0.152. The van der Waals surface area contributed by atoms with Crippen LogP contribution in [0.25, 0.3) is 22.4 Å². The van der Waals surface area contributed by atoms with E-state index in [1.165, 1.54) is 60.7 Å². The number of terminal acetylenes is 1. The predicted molar refractivity (Wildman–Crippen MR) is 229 cm³/mol. The predicted octanol–water partition coefficient (Wildman–Crippen LogP) is 7.05. The van der Waals surface area contributed by atoms with Gasteiger partial charge in [0.2, 0.25) is 5.91 Å². The molecule has 1 heterocycles. The van der Waals surface area contributed by atoms with Crippen molar-refractivity contribution in [2.24, 2.45) is 0 Å². The molecule has 0 spiro atoms. The molecular formula is C46H39N7O8. The number of benzene rings is 5. The third-order valence-corrected chi connectivity index (χ3v) is 9.32. The maximum atomic E-state index is 13.3. The van der Waals surface area contributed by atoms with Gasteiger partial charge in [0, 0.05) is 41.0 Å². The Morgan fingerprint density at radius 3 is 2.03 bits per heavy atom. The number of carbonyl (C=O) groups is 5. The number of nitriles is 1. The summed E-state index contributed by atoms with van der Waals surface area (Å²) in [6, 6.07) is 27.2. The number of fused-ring (bicyclic) bond motifs is 1. The molecular weight excluding hydrogens is 779 g/mol. The van der Waals surface area contributed by atoms with Gasteiger partial charge in [-0.2, -0.15) is 5.26 Å². The first-order chi connectivity index (χ1) is 29.3. The first kappa shape index (κ1) is 42.2. The number of hydrogen-bond donors (Lipinski definition) is 6. The highest BCUT2D eigenvalue weighted by Gasteiger charge is 2.24. The number of aromatic nitrogens is 2. The number of rotatable bonds is 14. The molecule has 6 rings (SSSR count). The average molecular weight is 818 g/mol. The summed E-state index contributed by atoms with van der Waals surface area (Å²) in [5, 5.41) is 40.2. The molecule has 1 atom stereocenters. The van der Waals surface area contributed by atoms with E-state index in [4.69, 9.17) is 21.3 Å². The molecule has 0 fully saturated rings. The Balaban J connectivity index is 1.09. The third-order valence-electron chi connectivity index (χ3n) is 9.32. The Labute approximate surface area is 350 Å². The SMILES string of the molecule is C#CC[C@H](NC(=O)c1ccc(-c2nc3cc(C#N)ccc3n2CC)cc1)C(=O)Nc1ccc(C(=O)Nc2ccc(C(=O)Nc3ccc(C(=O)O)cc3)c(O)c2OC(C)C)cc1. The molecule has 61 heavy (non-hydrogen) atoms. The molecule has 6 aromatic rings. The Bertz CT molecular complexity index is 2750.